The molecule has 24 heavy (non-hydrogen) atoms. The second-order valence-electron chi connectivity index (χ2n) is 6.42. The number of aromatic nitrogens is 2. The van der Waals surface area contributed by atoms with Crippen molar-refractivity contribution in [1.29, 1.82) is 0 Å². The first-order valence-electron chi connectivity index (χ1n) is 8.29. The highest BCUT2D eigenvalue weighted by Gasteiger charge is 2.13. The lowest BCUT2D eigenvalue weighted by Gasteiger charge is -2.18. The Bertz CT molecular complexity index is 650. The van der Waals surface area contributed by atoms with Gasteiger partial charge in [-0.15, -0.1) is 10.2 Å². The van der Waals surface area contributed by atoms with Crippen LogP contribution in [-0.2, 0) is 0 Å². The van der Waals surface area contributed by atoms with E-state index in [1.54, 1.807) is 31.2 Å². The molecule has 0 spiro atoms. The van der Waals surface area contributed by atoms with Gasteiger partial charge in [-0.05, 0) is 48.9 Å². The van der Waals surface area contributed by atoms with Crippen molar-refractivity contribution in [3.63, 3.8) is 0 Å². The molecule has 2 rings (SSSR count). The number of amides is 1. The van der Waals surface area contributed by atoms with Crippen LogP contribution in [0, 0.1) is 18.8 Å². The van der Waals surface area contributed by atoms with Crippen molar-refractivity contribution in [2.24, 2.45) is 11.8 Å². The van der Waals surface area contributed by atoms with Gasteiger partial charge in [0.2, 0.25) is 11.8 Å². The Kier molecular flexibility index (Phi) is 6.49. The molecule has 0 saturated heterocycles. The standard InChI is InChI=1S/C18H25N3O3/c1-12(2)10-14(8-9-22)11-19-17(23)15-4-6-16(7-5-15)18-21-20-13(3)24-18/h4-7,12,14,22H,8-11H2,1-3H3,(H,19,23). The van der Waals surface area contributed by atoms with Gasteiger partial charge >= 0.3 is 0 Å². The van der Waals surface area contributed by atoms with Gasteiger partial charge in [0, 0.05) is 31.2 Å². The van der Waals surface area contributed by atoms with Gasteiger partial charge in [-0.1, -0.05) is 13.8 Å². The van der Waals surface area contributed by atoms with Gasteiger partial charge in [-0.25, -0.2) is 0 Å². The molecular formula is C18H25N3O3. The van der Waals surface area contributed by atoms with Gasteiger partial charge in [-0.3, -0.25) is 4.79 Å². The molecule has 0 aliphatic carbocycles. The van der Waals surface area contributed by atoms with Crippen LogP contribution in [0.1, 0.15) is 42.9 Å². The quantitative estimate of drug-likeness (QED) is 0.776. The summed E-state index contributed by atoms with van der Waals surface area (Å²) in [7, 11) is 0. The molecular weight excluding hydrogens is 306 g/mol. The Morgan fingerprint density at radius 2 is 1.96 bits per heavy atom. The van der Waals surface area contributed by atoms with E-state index in [0.717, 1.165) is 12.0 Å². The van der Waals surface area contributed by atoms with Gasteiger partial charge in [0.25, 0.3) is 5.91 Å². The zero-order valence-electron chi connectivity index (χ0n) is 14.5. The number of aliphatic hydroxyl groups excluding tert-OH is 1. The smallest absolute Gasteiger partial charge is 0.251 e. The second-order valence-corrected chi connectivity index (χ2v) is 6.42. The Morgan fingerprint density at radius 1 is 1.25 bits per heavy atom. The maximum atomic E-state index is 12.3. The van der Waals surface area contributed by atoms with Crippen LogP contribution in [0.5, 0.6) is 0 Å². The molecule has 1 heterocycles. The number of rotatable bonds is 8. The number of aryl methyl sites for hydroxylation is 1. The first-order valence-corrected chi connectivity index (χ1v) is 8.29. The van der Waals surface area contributed by atoms with Crippen LogP contribution in [0.25, 0.3) is 11.5 Å². The normalized spacial score (nSPS) is 12.4. The predicted molar refractivity (Wildman–Crippen MR) is 91.5 cm³/mol. The fraction of sp³-hybridized carbons (Fsp3) is 0.500. The van der Waals surface area contributed by atoms with Crippen molar-refractivity contribution >= 4 is 5.91 Å². The number of carbonyl (C=O) groups excluding carboxylic acids is 1. The van der Waals surface area contributed by atoms with Gasteiger partial charge in [0.15, 0.2) is 0 Å². The first-order chi connectivity index (χ1) is 11.5. The van der Waals surface area contributed by atoms with E-state index >= 15 is 0 Å². The third-order valence-corrected chi connectivity index (χ3v) is 3.81. The van der Waals surface area contributed by atoms with E-state index in [1.807, 2.05) is 0 Å². The molecule has 1 aromatic carbocycles. The number of carbonyl (C=O) groups is 1. The SMILES string of the molecule is Cc1nnc(-c2ccc(C(=O)NCC(CCO)CC(C)C)cc2)o1. The summed E-state index contributed by atoms with van der Waals surface area (Å²) >= 11 is 0. The Hall–Kier alpha value is -2.21. The third-order valence-electron chi connectivity index (χ3n) is 3.81. The summed E-state index contributed by atoms with van der Waals surface area (Å²) in [5, 5.41) is 19.8. The minimum atomic E-state index is -0.116. The maximum Gasteiger partial charge on any atom is 0.251 e. The largest absolute Gasteiger partial charge is 0.421 e. The zero-order chi connectivity index (χ0) is 17.5. The Morgan fingerprint density at radius 3 is 2.50 bits per heavy atom. The van der Waals surface area contributed by atoms with Gasteiger partial charge in [0.1, 0.15) is 0 Å². The maximum absolute atomic E-state index is 12.3. The van der Waals surface area contributed by atoms with Crippen LogP contribution in [-0.4, -0.2) is 34.4 Å². The van der Waals surface area contributed by atoms with Crippen LogP contribution in [0.15, 0.2) is 28.7 Å². The van der Waals surface area contributed by atoms with E-state index < -0.39 is 0 Å². The molecule has 0 aliphatic heterocycles. The van der Waals surface area contributed by atoms with Crippen molar-refractivity contribution in [1.82, 2.24) is 15.5 Å². The molecule has 2 aromatic rings. The average Bonchev–Trinajstić information content (AvgIpc) is 2.99. The number of hydrogen-bond acceptors (Lipinski definition) is 5. The van der Waals surface area contributed by atoms with E-state index in [-0.39, 0.29) is 12.5 Å². The minimum Gasteiger partial charge on any atom is -0.421 e. The van der Waals surface area contributed by atoms with Crippen LogP contribution < -0.4 is 5.32 Å². The molecule has 1 aromatic heterocycles. The zero-order valence-corrected chi connectivity index (χ0v) is 14.5. The van der Waals surface area contributed by atoms with Crippen LogP contribution in [0.4, 0.5) is 0 Å². The molecule has 6 heteroatoms. The lowest BCUT2D eigenvalue weighted by molar-refractivity contribution is 0.0941. The molecule has 0 aliphatic rings. The topological polar surface area (TPSA) is 88.2 Å². The Balaban J connectivity index is 1.94. The number of nitrogens with one attached hydrogen (secondary N) is 1. The van der Waals surface area contributed by atoms with Crippen LogP contribution in [0.3, 0.4) is 0 Å². The Labute approximate surface area is 142 Å². The lowest BCUT2D eigenvalue weighted by Crippen LogP contribution is -2.30. The molecule has 2 N–H and O–H groups in total. The molecule has 0 bridgehead atoms. The number of benzene rings is 1. The molecule has 0 saturated carbocycles. The van der Waals surface area contributed by atoms with Crippen molar-refractivity contribution in [3.05, 3.63) is 35.7 Å². The minimum absolute atomic E-state index is 0.116. The molecule has 1 unspecified atom stereocenters. The van der Waals surface area contributed by atoms with Crippen molar-refractivity contribution in [3.8, 4) is 11.5 Å². The monoisotopic (exact) mass is 331 g/mol. The van der Waals surface area contributed by atoms with Gasteiger partial charge in [0.05, 0.1) is 0 Å². The van der Waals surface area contributed by atoms with E-state index in [0.29, 0.717) is 42.1 Å². The molecule has 6 nitrogen and oxygen atoms in total. The second kappa shape index (κ2) is 8.59. The van der Waals surface area contributed by atoms with Crippen molar-refractivity contribution in [2.45, 2.75) is 33.6 Å². The molecule has 1 atom stereocenters. The summed E-state index contributed by atoms with van der Waals surface area (Å²) in [5.74, 6) is 1.66. The first kappa shape index (κ1) is 18.1. The molecule has 0 fully saturated rings. The summed E-state index contributed by atoms with van der Waals surface area (Å²) in [4.78, 5) is 12.3. The highest BCUT2D eigenvalue weighted by molar-refractivity contribution is 5.94. The summed E-state index contributed by atoms with van der Waals surface area (Å²) in [6.07, 6.45) is 1.68. The van der Waals surface area contributed by atoms with E-state index in [4.69, 9.17) is 9.52 Å². The number of aliphatic hydroxyl groups is 1. The summed E-state index contributed by atoms with van der Waals surface area (Å²) in [6.45, 7) is 6.74. The van der Waals surface area contributed by atoms with E-state index in [1.165, 1.54) is 0 Å². The molecule has 0 radical (unpaired) electrons. The highest BCUT2D eigenvalue weighted by Crippen LogP contribution is 2.18. The summed E-state index contributed by atoms with van der Waals surface area (Å²) in [6, 6.07) is 7.07. The molecule has 130 valence electrons. The van der Waals surface area contributed by atoms with E-state index in [9.17, 15) is 4.79 Å². The highest BCUT2D eigenvalue weighted by atomic mass is 16.4. The van der Waals surface area contributed by atoms with E-state index in [2.05, 4.69) is 29.4 Å². The number of hydrogen-bond donors (Lipinski definition) is 2. The van der Waals surface area contributed by atoms with Gasteiger partial charge in [-0.2, -0.15) is 0 Å². The predicted octanol–water partition coefficient (Wildman–Crippen LogP) is 2.82. The van der Waals surface area contributed by atoms with Crippen molar-refractivity contribution in [2.75, 3.05) is 13.2 Å². The fourth-order valence-corrected chi connectivity index (χ4v) is 2.67. The van der Waals surface area contributed by atoms with Gasteiger partial charge < -0.3 is 14.8 Å². The summed E-state index contributed by atoms with van der Waals surface area (Å²) < 4.78 is 5.37. The van der Waals surface area contributed by atoms with Crippen LogP contribution >= 0.6 is 0 Å². The lowest BCUT2D eigenvalue weighted by atomic mass is 9.94. The average molecular weight is 331 g/mol. The van der Waals surface area contributed by atoms with Crippen LogP contribution in [0.2, 0.25) is 0 Å². The fourth-order valence-electron chi connectivity index (χ4n) is 2.67. The van der Waals surface area contributed by atoms with Crippen molar-refractivity contribution < 1.29 is 14.3 Å². The molecule has 1 amide bonds. The number of nitrogens with zero attached hydrogens (tertiary/aromatic N) is 2. The summed E-state index contributed by atoms with van der Waals surface area (Å²) in [5.41, 5.74) is 1.37. The third kappa shape index (κ3) is 5.16.